The van der Waals surface area contributed by atoms with Gasteiger partial charge in [0.15, 0.2) is 0 Å². The molecule has 0 aliphatic heterocycles. The molecule has 1 amide bonds. The number of nitrogens with two attached hydrogens (primary N) is 1. The van der Waals surface area contributed by atoms with Gasteiger partial charge in [0.05, 0.1) is 12.0 Å². The zero-order chi connectivity index (χ0) is 12.2. The number of benzene rings is 1. The SMILES string of the molecule is COC(=O)NS(=O)(=O)c1ccc(CN)cc1. The molecular weight excluding hydrogens is 232 g/mol. The van der Waals surface area contributed by atoms with Crippen LogP contribution in [0, 0.1) is 0 Å². The molecule has 0 unspecified atom stereocenters. The minimum Gasteiger partial charge on any atom is -0.452 e. The molecule has 0 saturated carbocycles. The van der Waals surface area contributed by atoms with Crippen molar-refractivity contribution < 1.29 is 17.9 Å². The van der Waals surface area contributed by atoms with Crippen molar-refractivity contribution in [1.82, 2.24) is 4.72 Å². The number of carbonyl (C=O) groups is 1. The molecule has 0 radical (unpaired) electrons. The lowest BCUT2D eigenvalue weighted by Crippen LogP contribution is -2.30. The fourth-order valence-corrected chi connectivity index (χ4v) is 1.93. The lowest BCUT2D eigenvalue weighted by molar-refractivity contribution is 0.177. The third-order valence-corrected chi connectivity index (χ3v) is 3.20. The van der Waals surface area contributed by atoms with E-state index in [0.717, 1.165) is 12.7 Å². The van der Waals surface area contributed by atoms with Crippen LogP contribution in [-0.4, -0.2) is 21.6 Å². The summed E-state index contributed by atoms with van der Waals surface area (Å²) in [5, 5.41) is 0. The number of hydrogen-bond acceptors (Lipinski definition) is 5. The van der Waals surface area contributed by atoms with Crippen molar-refractivity contribution in [2.24, 2.45) is 5.73 Å². The number of ether oxygens (including phenoxy) is 1. The summed E-state index contributed by atoms with van der Waals surface area (Å²) in [6.07, 6.45) is -1.03. The van der Waals surface area contributed by atoms with Crippen LogP contribution < -0.4 is 10.5 Å². The van der Waals surface area contributed by atoms with Gasteiger partial charge in [-0.1, -0.05) is 12.1 Å². The molecule has 0 bridgehead atoms. The van der Waals surface area contributed by atoms with Crippen LogP contribution >= 0.6 is 0 Å². The summed E-state index contributed by atoms with van der Waals surface area (Å²) in [6.45, 7) is 0.324. The average molecular weight is 244 g/mol. The summed E-state index contributed by atoms with van der Waals surface area (Å²) < 4.78 is 29.1. The zero-order valence-electron chi connectivity index (χ0n) is 8.64. The number of methoxy groups -OCH3 is 1. The first-order valence-corrected chi connectivity index (χ1v) is 5.87. The van der Waals surface area contributed by atoms with E-state index in [9.17, 15) is 13.2 Å². The molecule has 3 N–H and O–H groups in total. The van der Waals surface area contributed by atoms with Gasteiger partial charge in [-0.2, -0.15) is 0 Å². The number of nitrogens with one attached hydrogen (secondary N) is 1. The Morgan fingerprint density at radius 1 is 1.38 bits per heavy atom. The fraction of sp³-hybridized carbons (Fsp3) is 0.222. The van der Waals surface area contributed by atoms with Crippen LogP contribution in [0.3, 0.4) is 0 Å². The number of rotatable bonds is 3. The lowest BCUT2D eigenvalue weighted by Gasteiger charge is -2.05. The van der Waals surface area contributed by atoms with E-state index in [2.05, 4.69) is 4.74 Å². The van der Waals surface area contributed by atoms with E-state index in [-0.39, 0.29) is 4.90 Å². The molecule has 6 nitrogen and oxygen atoms in total. The molecule has 0 saturated heterocycles. The van der Waals surface area contributed by atoms with Crippen molar-refractivity contribution in [3.8, 4) is 0 Å². The van der Waals surface area contributed by atoms with Crippen LogP contribution in [0.1, 0.15) is 5.56 Å². The molecule has 88 valence electrons. The highest BCUT2D eigenvalue weighted by Crippen LogP contribution is 2.10. The van der Waals surface area contributed by atoms with Crippen LogP contribution in [-0.2, 0) is 21.3 Å². The Balaban J connectivity index is 2.94. The van der Waals surface area contributed by atoms with Gasteiger partial charge in [0, 0.05) is 6.54 Å². The Morgan fingerprint density at radius 2 is 1.94 bits per heavy atom. The monoisotopic (exact) mass is 244 g/mol. The second-order valence-electron chi connectivity index (χ2n) is 2.95. The minimum atomic E-state index is -3.86. The molecule has 0 aliphatic rings. The topological polar surface area (TPSA) is 98.5 Å². The van der Waals surface area contributed by atoms with Crippen molar-refractivity contribution in [2.75, 3.05) is 7.11 Å². The normalized spacial score (nSPS) is 10.9. The van der Waals surface area contributed by atoms with Crippen molar-refractivity contribution in [1.29, 1.82) is 0 Å². The highest BCUT2D eigenvalue weighted by molar-refractivity contribution is 7.90. The van der Waals surface area contributed by atoms with E-state index in [1.54, 1.807) is 16.9 Å². The second-order valence-corrected chi connectivity index (χ2v) is 4.63. The van der Waals surface area contributed by atoms with Gasteiger partial charge in [-0.05, 0) is 17.7 Å². The highest BCUT2D eigenvalue weighted by Gasteiger charge is 2.17. The van der Waals surface area contributed by atoms with E-state index < -0.39 is 16.1 Å². The van der Waals surface area contributed by atoms with Gasteiger partial charge in [-0.3, -0.25) is 0 Å². The van der Waals surface area contributed by atoms with Gasteiger partial charge in [-0.15, -0.1) is 0 Å². The molecule has 0 fully saturated rings. The number of hydrogen-bond donors (Lipinski definition) is 2. The van der Waals surface area contributed by atoms with Crippen LogP contribution in [0.25, 0.3) is 0 Å². The summed E-state index contributed by atoms with van der Waals surface area (Å²) in [4.78, 5) is 10.8. The van der Waals surface area contributed by atoms with Crippen molar-refractivity contribution in [2.45, 2.75) is 11.4 Å². The van der Waals surface area contributed by atoms with Crippen molar-refractivity contribution in [3.05, 3.63) is 29.8 Å². The lowest BCUT2D eigenvalue weighted by atomic mass is 10.2. The standard InChI is InChI=1S/C9H12N2O4S/c1-15-9(12)11-16(13,14)8-4-2-7(6-10)3-5-8/h2-5H,6,10H2,1H3,(H,11,12). The molecule has 0 spiro atoms. The Bertz CT molecular complexity index is 467. The molecule has 1 aromatic rings. The zero-order valence-corrected chi connectivity index (χ0v) is 9.45. The quantitative estimate of drug-likeness (QED) is 0.790. The van der Waals surface area contributed by atoms with Gasteiger partial charge >= 0.3 is 6.09 Å². The third-order valence-electron chi connectivity index (χ3n) is 1.87. The first-order valence-electron chi connectivity index (χ1n) is 4.39. The smallest absolute Gasteiger partial charge is 0.420 e. The van der Waals surface area contributed by atoms with E-state index in [1.807, 2.05) is 0 Å². The van der Waals surface area contributed by atoms with E-state index in [0.29, 0.717) is 6.54 Å². The maximum atomic E-state index is 11.6. The fourth-order valence-electron chi connectivity index (χ4n) is 1.01. The molecule has 16 heavy (non-hydrogen) atoms. The van der Waals surface area contributed by atoms with Crippen molar-refractivity contribution >= 4 is 16.1 Å². The largest absolute Gasteiger partial charge is 0.452 e. The van der Waals surface area contributed by atoms with Crippen LogP contribution in [0.15, 0.2) is 29.2 Å². The summed E-state index contributed by atoms with van der Waals surface area (Å²) in [5.41, 5.74) is 6.17. The molecule has 1 aromatic carbocycles. The maximum Gasteiger partial charge on any atom is 0.420 e. The predicted molar refractivity (Wildman–Crippen MR) is 57.1 cm³/mol. The Kier molecular flexibility index (Phi) is 3.86. The molecule has 0 aliphatic carbocycles. The molecule has 0 aromatic heterocycles. The van der Waals surface area contributed by atoms with Gasteiger partial charge in [-0.25, -0.2) is 17.9 Å². The van der Waals surface area contributed by atoms with Gasteiger partial charge in [0.25, 0.3) is 10.0 Å². The third kappa shape index (κ3) is 2.94. The van der Waals surface area contributed by atoms with Crippen LogP contribution in [0.2, 0.25) is 0 Å². The van der Waals surface area contributed by atoms with E-state index in [4.69, 9.17) is 5.73 Å². The Labute approximate surface area is 93.5 Å². The molecule has 0 atom stereocenters. The van der Waals surface area contributed by atoms with E-state index in [1.165, 1.54) is 12.1 Å². The molecule has 7 heteroatoms. The summed E-state index contributed by atoms with van der Waals surface area (Å²) in [7, 11) is -2.78. The highest BCUT2D eigenvalue weighted by atomic mass is 32.2. The number of amides is 1. The average Bonchev–Trinajstić information content (AvgIpc) is 2.28. The first-order chi connectivity index (χ1) is 7.49. The molecular formula is C9H12N2O4S. The summed E-state index contributed by atoms with van der Waals surface area (Å²) in [6, 6.07) is 5.89. The van der Waals surface area contributed by atoms with Gasteiger partial charge in [0.1, 0.15) is 0 Å². The Hall–Kier alpha value is -1.60. The summed E-state index contributed by atoms with van der Waals surface area (Å²) >= 11 is 0. The van der Waals surface area contributed by atoms with Crippen molar-refractivity contribution in [3.63, 3.8) is 0 Å². The van der Waals surface area contributed by atoms with Gasteiger partial charge in [0.2, 0.25) is 0 Å². The second kappa shape index (κ2) is 4.95. The first kappa shape index (κ1) is 12.5. The number of sulfonamides is 1. The Morgan fingerprint density at radius 3 is 2.38 bits per heavy atom. The summed E-state index contributed by atoms with van der Waals surface area (Å²) in [5.74, 6) is 0. The predicted octanol–water partition coefficient (Wildman–Crippen LogP) is 0.190. The minimum absolute atomic E-state index is 0.0184. The number of carbonyl (C=O) groups excluding carboxylic acids is 1. The van der Waals surface area contributed by atoms with Crippen LogP contribution in [0.5, 0.6) is 0 Å². The van der Waals surface area contributed by atoms with Crippen LogP contribution in [0.4, 0.5) is 4.79 Å². The molecule has 0 heterocycles. The van der Waals surface area contributed by atoms with E-state index >= 15 is 0 Å². The maximum absolute atomic E-state index is 11.6. The molecule has 1 rings (SSSR count). The van der Waals surface area contributed by atoms with Gasteiger partial charge < -0.3 is 10.5 Å².